The van der Waals surface area contributed by atoms with E-state index in [0.29, 0.717) is 16.8 Å². The Balaban J connectivity index is 2.06. The summed E-state index contributed by atoms with van der Waals surface area (Å²) in [4.78, 5) is 4.15. The summed E-state index contributed by atoms with van der Waals surface area (Å²) in [5.74, 6) is -0.556. The molecule has 0 aliphatic rings. The molecule has 0 saturated heterocycles. The maximum Gasteiger partial charge on any atom is 0.261 e. The van der Waals surface area contributed by atoms with Gasteiger partial charge in [0.25, 0.3) is 5.89 Å². The first-order valence-corrected chi connectivity index (χ1v) is 6.20. The summed E-state index contributed by atoms with van der Waals surface area (Å²) >= 11 is 0. The standard InChI is InChI=1S/C15H11F2N3O/c1-8-6-9(16)2-4-11(8)14-19-15(21-20-14)12-7-10(18)3-5-13(12)17/h2-7H,18H2,1H3. The van der Waals surface area contributed by atoms with Crippen molar-refractivity contribution in [3.05, 3.63) is 53.6 Å². The smallest absolute Gasteiger partial charge is 0.261 e. The second-order valence-corrected chi connectivity index (χ2v) is 4.62. The molecule has 0 fully saturated rings. The predicted octanol–water partition coefficient (Wildman–Crippen LogP) is 3.57. The number of benzene rings is 2. The maximum atomic E-state index is 13.8. The molecule has 3 rings (SSSR count). The number of nitrogens with zero attached hydrogens (tertiary/aromatic N) is 2. The van der Waals surface area contributed by atoms with Crippen molar-refractivity contribution in [2.45, 2.75) is 6.92 Å². The number of anilines is 1. The average Bonchev–Trinajstić information content (AvgIpc) is 2.91. The lowest BCUT2D eigenvalue weighted by Gasteiger charge is -2.00. The number of halogens is 2. The maximum absolute atomic E-state index is 13.8. The monoisotopic (exact) mass is 287 g/mol. The SMILES string of the molecule is Cc1cc(F)ccc1-c1noc(-c2cc(N)ccc2F)n1. The van der Waals surface area contributed by atoms with Gasteiger partial charge in [-0.05, 0) is 48.9 Å². The summed E-state index contributed by atoms with van der Waals surface area (Å²) in [5, 5.41) is 3.81. The molecule has 2 aromatic carbocycles. The quantitative estimate of drug-likeness (QED) is 0.732. The van der Waals surface area contributed by atoms with Gasteiger partial charge < -0.3 is 10.3 Å². The largest absolute Gasteiger partial charge is 0.399 e. The molecule has 0 saturated carbocycles. The highest BCUT2D eigenvalue weighted by Gasteiger charge is 2.16. The zero-order chi connectivity index (χ0) is 15.0. The van der Waals surface area contributed by atoms with Crippen LogP contribution in [-0.2, 0) is 0 Å². The van der Waals surface area contributed by atoms with Crippen molar-refractivity contribution in [2.24, 2.45) is 0 Å². The Labute approximate surface area is 119 Å². The lowest BCUT2D eigenvalue weighted by Crippen LogP contribution is -1.90. The lowest BCUT2D eigenvalue weighted by atomic mass is 10.1. The molecule has 6 heteroatoms. The van der Waals surface area contributed by atoms with Crippen LogP contribution >= 0.6 is 0 Å². The van der Waals surface area contributed by atoms with Gasteiger partial charge >= 0.3 is 0 Å². The summed E-state index contributed by atoms with van der Waals surface area (Å²) in [7, 11) is 0. The van der Waals surface area contributed by atoms with Crippen LogP contribution in [-0.4, -0.2) is 10.1 Å². The van der Waals surface area contributed by atoms with Crippen LogP contribution in [0.4, 0.5) is 14.5 Å². The van der Waals surface area contributed by atoms with E-state index in [2.05, 4.69) is 10.1 Å². The molecule has 1 aromatic heterocycles. The van der Waals surface area contributed by atoms with Crippen LogP contribution in [0.2, 0.25) is 0 Å². The zero-order valence-corrected chi connectivity index (χ0v) is 11.1. The number of hydrogen-bond acceptors (Lipinski definition) is 4. The average molecular weight is 287 g/mol. The molecule has 106 valence electrons. The van der Waals surface area contributed by atoms with E-state index in [4.69, 9.17) is 10.3 Å². The Bertz CT molecular complexity index is 814. The summed E-state index contributed by atoms with van der Waals surface area (Å²) in [6.07, 6.45) is 0. The Morgan fingerprint density at radius 2 is 1.86 bits per heavy atom. The molecular weight excluding hydrogens is 276 g/mol. The molecule has 3 aromatic rings. The van der Waals surface area contributed by atoms with Gasteiger partial charge in [-0.3, -0.25) is 0 Å². The first-order chi connectivity index (χ1) is 10.0. The zero-order valence-electron chi connectivity index (χ0n) is 11.1. The van der Waals surface area contributed by atoms with Crippen LogP contribution in [0.25, 0.3) is 22.8 Å². The van der Waals surface area contributed by atoms with E-state index >= 15 is 0 Å². The Hall–Kier alpha value is -2.76. The second-order valence-electron chi connectivity index (χ2n) is 4.62. The third-order valence-corrected chi connectivity index (χ3v) is 3.08. The first kappa shape index (κ1) is 13.2. The van der Waals surface area contributed by atoms with Gasteiger partial charge in [0.1, 0.15) is 11.6 Å². The molecular formula is C15H11F2N3O. The molecule has 0 spiro atoms. The fourth-order valence-electron chi connectivity index (χ4n) is 2.03. The molecule has 0 radical (unpaired) electrons. The Morgan fingerprint density at radius 1 is 1.05 bits per heavy atom. The third kappa shape index (κ3) is 2.47. The van der Waals surface area contributed by atoms with Crippen LogP contribution in [0.1, 0.15) is 5.56 Å². The minimum atomic E-state index is -0.504. The van der Waals surface area contributed by atoms with E-state index in [1.807, 2.05) is 0 Å². The van der Waals surface area contributed by atoms with E-state index in [1.54, 1.807) is 13.0 Å². The van der Waals surface area contributed by atoms with Gasteiger partial charge in [-0.15, -0.1) is 0 Å². The summed E-state index contributed by atoms with van der Waals surface area (Å²) in [6.45, 7) is 1.73. The van der Waals surface area contributed by atoms with Crippen LogP contribution in [0.3, 0.4) is 0 Å². The molecule has 21 heavy (non-hydrogen) atoms. The number of nitrogens with two attached hydrogens (primary N) is 1. The highest BCUT2D eigenvalue weighted by atomic mass is 19.1. The van der Waals surface area contributed by atoms with Crippen LogP contribution in [0.5, 0.6) is 0 Å². The normalized spacial score (nSPS) is 10.8. The molecule has 0 unspecified atom stereocenters. The van der Waals surface area contributed by atoms with Crippen LogP contribution in [0, 0.1) is 18.6 Å². The van der Waals surface area contributed by atoms with Crippen molar-refractivity contribution >= 4 is 5.69 Å². The van der Waals surface area contributed by atoms with Crippen molar-refractivity contribution in [1.82, 2.24) is 10.1 Å². The predicted molar refractivity (Wildman–Crippen MR) is 74.2 cm³/mol. The number of rotatable bonds is 2. The molecule has 2 N–H and O–H groups in total. The van der Waals surface area contributed by atoms with Crippen molar-refractivity contribution in [3.63, 3.8) is 0 Å². The number of nitrogen functional groups attached to an aromatic ring is 1. The molecule has 0 aliphatic carbocycles. The van der Waals surface area contributed by atoms with Crippen molar-refractivity contribution in [2.75, 3.05) is 5.73 Å². The van der Waals surface area contributed by atoms with Gasteiger partial charge in [0, 0.05) is 11.3 Å². The molecule has 0 aliphatic heterocycles. The van der Waals surface area contributed by atoms with Crippen LogP contribution < -0.4 is 5.73 Å². The molecule has 4 nitrogen and oxygen atoms in total. The first-order valence-electron chi connectivity index (χ1n) is 6.20. The van der Waals surface area contributed by atoms with E-state index in [0.717, 1.165) is 0 Å². The highest BCUT2D eigenvalue weighted by Crippen LogP contribution is 2.27. The van der Waals surface area contributed by atoms with E-state index < -0.39 is 5.82 Å². The van der Waals surface area contributed by atoms with Gasteiger partial charge in [0.2, 0.25) is 5.82 Å². The fourth-order valence-corrected chi connectivity index (χ4v) is 2.03. The van der Waals surface area contributed by atoms with Crippen LogP contribution in [0.15, 0.2) is 40.9 Å². The van der Waals surface area contributed by atoms with E-state index in [9.17, 15) is 8.78 Å². The Morgan fingerprint density at radius 3 is 2.62 bits per heavy atom. The summed E-state index contributed by atoms with van der Waals surface area (Å²) < 4.78 is 31.9. The van der Waals surface area contributed by atoms with Gasteiger partial charge in [0.15, 0.2) is 0 Å². The highest BCUT2D eigenvalue weighted by molar-refractivity contribution is 5.65. The van der Waals surface area contributed by atoms with E-state index in [-0.39, 0.29) is 23.1 Å². The summed E-state index contributed by atoms with van der Waals surface area (Å²) in [5.41, 5.74) is 7.43. The minimum Gasteiger partial charge on any atom is -0.399 e. The number of aromatic nitrogens is 2. The van der Waals surface area contributed by atoms with Crippen molar-refractivity contribution in [3.8, 4) is 22.8 Å². The molecule has 1 heterocycles. The summed E-state index contributed by atoms with van der Waals surface area (Å²) in [6, 6.07) is 8.32. The van der Waals surface area contributed by atoms with Gasteiger partial charge in [0.05, 0.1) is 5.56 Å². The fraction of sp³-hybridized carbons (Fsp3) is 0.0667. The number of hydrogen-bond donors (Lipinski definition) is 1. The second kappa shape index (κ2) is 4.97. The topological polar surface area (TPSA) is 64.9 Å². The number of aryl methyl sites for hydroxylation is 1. The third-order valence-electron chi connectivity index (χ3n) is 3.08. The molecule has 0 atom stereocenters. The Kier molecular flexibility index (Phi) is 3.13. The molecule has 0 amide bonds. The van der Waals surface area contributed by atoms with Crippen molar-refractivity contribution in [1.29, 1.82) is 0 Å². The van der Waals surface area contributed by atoms with Gasteiger partial charge in [-0.1, -0.05) is 5.16 Å². The molecule has 0 bridgehead atoms. The lowest BCUT2D eigenvalue weighted by molar-refractivity contribution is 0.429. The van der Waals surface area contributed by atoms with Crippen molar-refractivity contribution < 1.29 is 13.3 Å². The van der Waals surface area contributed by atoms with E-state index in [1.165, 1.54) is 30.3 Å². The van der Waals surface area contributed by atoms with Gasteiger partial charge in [-0.25, -0.2) is 8.78 Å². The van der Waals surface area contributed by atoms with Gasteiger partial charge in [-0.2, -0.15) is 4.98 Å². The minimum absolute atomic E-state index is 0.0264.